The van der Waals surface area contributed by atoms with Crippen molar-refractivity contribution in [2.75, 3.05) is 0 Å². The molecule has 0 fully saturated rings. The summed E-state index contributed by atoms with van der Waals surface area (Å²) >= 11 is 11.8. The maximum absolute atomic E-state index is 12.1. The van der Waals surface area contributed by atoms with Gasteiger partial charge in [-0.25, -0.2) is 17.9 Å². The fraction of sp³-hybridized carbons (Fsp3) is 0.133. The molecule has 2 N–H and O–H groups in total. The van der Waals surface area contributed by atoms with E-state index in [0.29, 0.717) is 15.6 Å². The zero-order valence-electron chi connectivity index (χ0n) is 12.1. The van der Waals surface area contributed by atoms with Gasteiger partial charge in [0.25, 0.3) is 10.0 Å². The van der Waals surface area contributed by atoms with Crippen LogP contribution in [0.25, 0.3) is 0 Å². The molecule has 0 bridgehead atoms. The summed E-state index contributed by atoms with van der Waals surface area (Å²) in [6, 6.07) is 10.2. The lowest BCUT2D eigenvalue weighted by Gasteiger charge is -2.10. The van der Waals surface area contributed by atoms with Gasteiger partial charge in [-0.2, -0.15) is 0 Å². The second-order valence-corrected chi connectivity index (χ2v) is 7.36. The predicted molar refractivity (Wildman–Crippen MR) is 90.2 cm³/mol. The highest BCUT2D eigenvalue weighted by atomic mass is 35.5. The van der Waals surface area contributed by atoms with E-state index in [0.717, 1.165) is 5.56 Å². The summed E-state index contributed by atoms with van der Waals surface area (Å²) in [7, 11) is -3.91. The van der Waals surface area contributed by atoms with Crippen LogP contribution in [0.3, 0.4) is 0 Å². The molecule has 0 heterocycles. The summed E-state index contributed by atoms with van der Waals surface area (Å²) in [4.78, 5) is 11.8. The first-order valence-electron chi connectivity index (χ1n) is 6.59. The van der Waals surface area contributed by atoms with E-state index in [1.165, 1.54) is 12.1 Å². The van der Waals surface area contributed by atoms with Crippen LogP contribution >= 0.6 is 23.2 Å². The fourth-order valence-electron chi connectivity index (χ4n) is 1.78. The van der Waals surface area contributed by atoms with Gasteiger partial charge in [0, 0.05) is 16.6 Å². The first-order valence-corrected chi connectivity index (χ1v) is 8.83. The summed E-state index contributed by atoms with van der Waals surface area (Å²) in [6.45, 7) is 1.91. The van der Waals surface area contributed by atoms with Crippen molar-refractivity contribution in [2.24, 2.45) is 0 Å². The van der Waals surface area contributed by atoms with E-state index in [1.807, 2.05) is 11.6 Å². The molecule has 0 atom stereocenters. The van der Waals surface area contributed by atoms with Gasteiger partial charge < -0.3 is 5.32 Å². The van der Waals surface area contributed by atoms with Gasteiger partial charge in [0.1, 0.15) is 0 Å². The molecule has 2 rings (SSSR count). The summed E-state index contributed by atoms with van der Waals surface area (Å²) in [5.74, 6) is 0. The molecule has 0 spiro atoms. The van der Waals surface area contributed by atoms with E-state index < -0.39 is 16.1 Å². The Bertz CT molecular complexity index is 821. The minimum atomic E-state index is -3.91. The standard InChI is InChI=1S/C15H14Cl2N2O3S/c1-10-2-6-13(7-3-10)23(21,22)19-15(20)18-9-11-4-5-12(16)8-14(11)17/h2-8H,9H2,1H3,(H2,18,19,20). The molecule has 0 saturated heterocycles. The Morgan fingerprint density at radius 2 is 1.74 bits per heavy atom. The first kappa shape index (κ1) is 17.6. The second-order valence-electron chi connectivity index (χ2n) is 4.84. The van der Waals surface area contributed by atoms with Crippen molar-refractivity contribution in [1.29, 1.82) is 0 Å². The third kappa shape index (κ3) is 4.86. The van der Waals surface area contributed by atoms with Gasteiger partial charge in [-0.15, -0.1) is 0 Å². The molecule has 8 heteroatoms. The van der Waals surface area contributed by atoms with Gasteiger partial charge in [-0.05, 0) is 36.8 Å². The van der Waals surface area contributed by atoms with Crippen LogP contribution in [0, 0.1) is 6.92 Å². The van der Waals surface area contributed by atoms with E-state index in [1.54, 1.807) is 30.3 Å². The Kier molecular flexibility index (Phi) is 5.51. The van der Waals surface area contributed by atoms with Crippen molar-refractivity contribution in [3.63, 3.8) is 0 Å². The first-order chi connectivity index (χ1) is 10.8. The number of carbonyl (C=O) groups excluding carboxylic acids is 1. The third-order valence-corrected chi connectivity index (χ3v) is 4.95. The van der Waals surface area contributed by atoms with E-state index in [-0.39, 0.29) is 11.4 Å². The molecule has 0 aromatic heterocycles. The number of halogens is 2. The van der Waals surface area contributed by atoms with Crippen LogP contribution < -0.4 is 10.0 Å². The Balaban J connectivity index is 2.00. The number of aryl methyl sites for hydroxylation is 1. The van der Waals surface area contributed by atoms with Crippen molar-refractivity contribution >= 4 is 39.3 Å². The predicted octanol–water partition coefficient (Wildman–Crippen LogP) is 3.49. The summed E-state index contributed by atoms with van der Waals surface area (Å²) < 4.78 is 26.1. The summed E-state index contributed by atoms with van der Waals surface area (Å²) in [5.41, 5.74) is 1.55. The molecular weight excluding hydrogens is 359 g/mol. The number of benzene rings is 2. The topological polar surface area (TPSA) is 75.3 Å². The van der Waals surface area contributed by atoms with E-state index >= 15 is 0 Å². The molecule has 0 saturated carbocycles. The molecule has 0 radical (unpaired) electrons. The smallest absolute Gasteiger partial charge is 0.328 e. The second kappa shape index (κ2) is 7.21. The molecular formula is C15H14Cl2N2O3S. The molecule has 0 aliphatic carbocycles. The lowest BCUT2D eigenvalue weighted by Crippen LogP contribution is -2.39. The molecule has 0 aliphatic rings. The van der Waals surface area contributed by atoms with Crippen molar-refractivity contribution < 1.29 is 13.2 Å². The molecule has 122 valence electrons. The number of hydrogen-bond donors (Lipinski definition) is 2. The van der Waals surface area contributed by atoms with Crippen LogP contribution in [0.15, 0.2) is 47.4 Å². The maximum atomic E-state index is 12.1. The SMILES string of the molecule is Cc1ccc(S(=O)(=O)NC(=O)NCc2ccc(Cl)cc2Cl)cc1. The lowest BCUT2D eigenvalue weighted by molar-refractivity contribution is 0.245. The monoisotopic (exact) mass is 372 g/mol. The Hall–Kier alpha value is -1.76. The highest BCUT2D eigenvalue weighted by Gasteiger charge is 2.17. The Labute approximate surface area is 144 Å². The zero-order valence-corrected chi connectivity index (χ0v) is 14.5. The van der Waals surface area contributed by atoms with Gasteiger partial charge in [0.15, 0.2) is 0 Å². The Morgan fingerprint density at radius 3 is 2.35 bits per heavy atom. The summed E-state index contributed by atoms with van der Waals surface area (Å²) in [6.07, 6.45) is 0. The lowest BCUT2D eigenvalue weighted by atomic mass is 10.2. The van der Waals surface area contributed by atoms with Crippen LogP contribution in [0.1, 0.15) is 11.1 Å². The van der Waals surface area contributed by atoms with Crippen LogP contribution in [-0.4, -0.2) is 14.4 Å². The highest BCUT2D eigenvalue weighted by molar-refractivity contribution is 7.90. The number of sulfonamides is 1. The molecule has 0 aliphatic heterocycles. The third-order valence-electron chi connectivity index (χ3n) is 3.01. The van der Waals surface area contributed by atoms with Gasteiger partial charge in [-0.3, -0.25) is 0 Å². The van der Waals surface area contributed by atoms with Crippen LogP contribution in [-0.2, 0) is 16.6 Å². The molecule has 2 aromatic carbocycles. The van der Waals surface area contributed by atoms with Crippen molar-refractivity contribution in [3.8, 4) is 0 Å². The van der Waals surface area contributed by atoms with Crippen molar-refractivity contribution in [3.05, 3.63) is 63.6 Å². The number of rotatable bonds is 4. The number of urea groups is 1. The maximum Gasteiger partial charge on any atom is 0.328 e. The van der Waals surface area contributed by atoms with Crippen LogP contribution in [0.4, 0.5) is 4.79 Å². The molecule has 23 heavy (non-hydrogen) atoms. The zero-order chi connectivity index (χ0) is 17.0. The molecule has 5 nitrogen and oxygen atoms in total. The van der Waals surface area contributed by atoms with Gasteiger partial charge >= 0.3 is 6.03 Å². The highest BCUT2D eigenvalue weighted by Crippen LogP contribution is 2.20. The fourth-order valence-corrected chi connectivity index (χ4v) is 3.18. The van der Waals surface area contributed by atoms with E-state index in [9.17, 15) is 13.2 Å². The quantitative estimate of drug-likeness (QED) is 0.862. The average Bonchev–Trinajstić information content (AvgIpc) is 2.46. The molecule has 2 aromatic rings. The number of hydrogen-bond acceptors (Lipinski definition) is 3. The van der Waals surface area contributed by atoms with Crippen LogP contribution in [0.5, 0.6) is 0 Å². The molecule has 2 amide bonds. The number of nitrogens with one attached hydrogen (secondary N) is 2. The normalized spacial score (nSPS) is 11.1. The van der Waals surface area contributed by atoms with E-state index in [4.69, 9.17) is 23.2 Å². The average molecular weight is 373 g/mol. The van der Waals surface area contributed by atoms with Gasteiger partial charge in [0.2, 0.25) is 0 Å². The minimum absolute atomic E-state index is 0.0165. The van der Waals surface area contributed by atoms with Gasteiger partial charge in [-0.1, -0.05) is 47.0 Å². The largest absolute Gasteiger partial charge is 0.333 e. The van der Waals surface area contributed by atoms with E-state index in [2.05, 4.69) is 5.32 Å². The van der Waals surface area contributed by atoms with Crippen LogP contribution in [0.2, 0.25) is 10.0 Å². The Morgan fingerprint density at radius 1 is 1.09 bits per heavy atom. The summed E-state index contributed by atoms with van der Waals surface area (Å²) in [5, 5.41) is 3.30. The molecule has 0 unspecified atom stereocenters. The number of carbonyl (C=O) groups is 1. The minimum Gasteiger partial charge on any atom is -0.333 e. The van der Waals surface area contributed by atoms with Gasteiger partial charge in [0.05, 0.1) is 4.90 Å². The van der Waals surface area contributed by atoms with Crippen molar-refractivity contribution in [2.45, 2.75) is 18.4 Å². The number of amides is 2. The van der Waals surface area contributed by atoms with Crippen molar-refractivity contribution in [1.82, 2.24) is 10.0 Å².